The van der Waals surface area contributed by atoms with Crippen molar-refractivity contribution in [3.8, 4) is 0 Å². The molecule has 0 spiro atoms. The van der Waals surface area contributed by atoms with Crippen LogP contribution in [0.4, 0.5) is 0 Å². The van der Waals surface area contributed by atoms with E-state index in [1.165, 1.54) is 19.1 Å². The highest BCUT2D eigenvalue weighted by atomic mass is 32.2. The third-order valence-electron chi connectivity index (χ3n) is 3.04. The number of rotatable bonds is 9. The van der Waals surface area contributed by atoms with Crippen LogP contribution >= 0.6 is 0 Å². The van der Waals surface area contributed by atoms with Crippen molar-refractivity contribution in [1.29, 1.82) is 0 Å². The fraction of sp³-hybridized carbons (Fsp3) is 1.00. The van der Waals surface area contributed by atoms with Crippen LogP contribution in [0.2, 0.25) is 0 Å². The van der Waals surface area contributed by atoms with E-state index in [2.05, 4.69) is 19.3 Å². The molecule has 5 heteroatoms. The van der Waals surface area contributed by atoms with E-state index in [1.54, 1.807) is 0 Å². The monoisotopic (exact) mass is 250 g/mol. The number of unbranched alkanes of at least 4 members (excludes halogenated alkanes) is 1. The van der Waals surface area contributed by atoms with Gasteiger partial charge in [-0.3, -0.25) is 11.3 Å². The van der Waals surface area contributed by atoms with Crippen LogP contribution in [0.15, 0.2) is 0 Å². The van der Waals surface area contributed by atoms with Gasteiger partial charge in [0.15, 0.2) is 0 Å². The Labute approximate surface area is 99.9 Å². The lowest BCUT2D eigenvalue weighted by molar-refractivity contribution is 0.314. The van der Waals surface area contributed by atoms with Crippen LogP contribution in [0.25, 0.3) is 0 Å². The fourth-order valence-corrected chi connectivity index (χ4v) is 2.63. The van der Waals surface area contributed by atoms with Crippen LogP contribution in [0.5, 0.6) is 0 Å². The third-order valence-corrected chi connectivity index (χ3v) is 4.01. The summed E-state index contributed by atoms with van der Waals surface area (Å²) in [6.07, 6.45) is 6.38. The molecule has 4 nitrogen and oxygen atoms in total. The van der Waals surface area contributed by atoms with Crippen molar-refractivity contribution < 1.29 is 8.42 Å². The van der Waals surface area contributed by atoms with Crippen molar-refractivity contribution in [2.75, 3.05) is 12.0 Å². The number of hydrazine groups is 1. The molecule has 0 saturated carbocycles. The second-order valence-corrected chi connectivity index (χ2v) is 6.76. The average molecular weight is 250 g/mol. The van der Waals surface area contributed by atoms with Crippen LogP contribution in [0.3, 0.4) is 0 Å². The van der Waals surface area contributed by atoms with Crippen molar-refractivity contribution in [2.24, 2.45) is 11.8 Å². The van der Waals surface area contributed by atoms with Gasteiger partial charge in [0.2, 0.25) is 0 Å². The minimum atomic E-state index is -2.89. The van der Waals surface area contributed by atoms with Gasteiger partial charge in [0.05, 0.1) is 5.75 Å². The molecule has 0 bridgehead atoms. The van der Waals surface area contributed by atoms with E-state index in [-0.39, 0.29) is 11.8 Å². The van der Waals surface area contributed by atoms with E-state index in [9.17, 15) is 8.42 Å². The minimum absolute atomic E-state index is 0.117. The van der Waals surface area contributed by atoms with Gasteiger partial charge in [0.1, 0.15) is 9.84 Å². The molecule has 2 unspecified atom stereocenters. The molecule has 0 aliphatic rings. The predicted molar refractivity (Wildman–Crippen MR) is 68.7 cm³/mol. The summed E-state index contributed by atoms with van der Waals surface area (Å²) in [7, 11) is -2.89. The van der Waals surface area contributed by atoms with Gasteiger partial charge < -0.3 is 0 Å². The highest BCUT2D eigenvalue weighted by Gasteiger charge is 2.19. The Kier molecular flexibility index (Phi) is 7.97. The lowest BCUT2D eigenvalue weighted by Gasteiger charge is -2.25. The van der Waals surface area contributed by atoms with Crippen molar-refractivity contribution in [1.82, 2.24) is 5.43 Å². The van der Waals surface area contributed by atoms with Crippen LogP contribution < -0.4 is 11.3 Å². The largest absolute Gasteiger partial charge is 0.271 e. The van der Waals surface area contributed by atoms with Gasteiger partial charge in [-0.25, -0.2) is 8.42 Å². The molecule has 0 aromatic heterocycles. The smallest absolute Gasteiger partial charge is 0.147 e. The second-order valence-electron chi connectivity index (χ2n) is 4.50. The lowest BCUT2D eigenvalue weighted by Crippen LogP contribution is -2.41. The quantitative estimate of drug-likeness (QED) is 0.480. The summed E-state index contributed by atoms with van der Waals surface area (Å²) in [5.41, 5.74) is 2.77. The molecule has 0 fully saturated rings. The van der Waals surface area contributed by atoms with Crippen LogP contribution in [0.1, 0.15) is 46.0 Å². The molecule has 0 aromatic rings. The SMILES string of the molecule is CCCCC(CC)C(CCS(C)(=O)=O)NN. The summed E-state index contributed by atoms with van der Waals surface area (Å²) in [5.74, 6) is 6.20. The second kappa shape index (κ2) is 8.03. The Morgan fingerprint density at radius 1 is 1.25 bits per heavy atom. The standard InChI is InChI=1S/C11H26N2O2S/c1-4-6-7-10(5-2)11(13-12)8-9-16(3,14)15/h10-11,13H,4-9,12H2,1-3H3. The van der Waals surface area contributed by atoms with E-state index >= 15 is 0 Å². The van der Waals surface area contributed by atoms with Gasteiger partial charge in [-0.1, -0.05) is 33.1 Å². The van der Waals surface area contributed by atoms with E-state index in [0.717, 1.165) is 12.8 Å². The Balaban J connectivity index is 4.21. The maximum atomic E-state index is 11.1. The van der Waals surface area contributed by atoms with Gasteiger partial charge in [-0.05, 0) is 18.8 Å². The maximum Gasteiger partial charge on any atom is 0.147 e. The summed E-state index contributed by atoms with van der Waals surface area (Å²) >= 11 is 0. The maximum absolute atomic E-state index is 11.1. The molecular weight excluding hydrogens is 224 g/mol. The molecule has 98 valence electrons. The summed E-state index contributed by atoms with van der Waals surface area (Å²) in [4.78, 5) is 0. The number of nitrogens with one attached hydrogen (secondary N) is 1. The Morgan fingerprint density at radius 2 is 1.88 bits per heavy atom. The first kappa shape index (κ1) is 15.9. The Morgan fingerprint density at radius 3 is 2.25 bits per heavy atom. The topological polar surface area (TPSA) is 72.2 Å². The van der Waals surface area contributed by atoms with E-state index in [1.807, 2.05) is 0 Å². The fourth-order valence-electron chi connectivity index (χ4n) is 1.95. The van der Waals surface area contributed by atoms with Gasteiger partial charge in [0, 0.05) is 12.3 Å². The Bertz CT molecular complexity index is 265. The Hall–Kier alpha value is -0.130. The predicted octanol–water partition coefficient (Wildman–Crippen LogP) is 1.47. The van der Waals surface area contributed by atoms with Gasteiger partial charge in [-0.2, -0.15) is 0 Å². The number of sulfone groups is 1. The number of hydrogen-bond donors (Lipinski definition) is 2. The average Bonchev–Trinajstić information content (AvgIpc) is 2.21. The first-order valence-corrected chi connectivity index (χ1v) is 8.14. The molecule has 16 heavy (non-hydrogen) atoms. The van der Waals surface area contributed by atoms with E-state index in [0.29, 0.717) is 12.3 Å². The van der Waals surface area contributed by atoms with Crippen LogP contribution in [-0.2, 0) is 9.84 Å². The summed E-state index contributed by atoms with van der Waals surface area (Å²) < 4.78 is 22.2. The molecule has 0 saturated heterocycles. The summed E-state index contributed by atoms with van der Waals surface area (Å²) in [6.45, 7) is 4.29. The number of hydrogen-bond acceptors (Lipinski definition) is 4. The molecule has 3 N–H and O–H groups in total. The molecule has 0 aromatic carbocycles. The van der Waals surface area contributed by atoms with Crippen molar-refractivity contribution in [3.63, 3.8) is 0 Å². The van der Waals surface area contributed by atoms with E-state index < -0.39 is 9.84 Å². The lowest BCUT2D eigenvalue weighted by atomic mass is 9.90. The molecule has 2 atom stereocenters. The van der Waals surface area contributed by atoms with Crippen molar-refractivity contribution >= 4 is 9.84 Å². The highest BCUT2D eigenvalue weighted by Crippen LogP contribution is 2.19. The minimum Gasteiger partial charge on any atom is -0.271 e. The molecule has 0 radical (unpaired) electrons. The molecule has 0 aliphatic heterocycles. The first-order valence-electron chi connectivity index (χ1n) is 6.08. The van der Waals surface area contributed by atoms with Crippen LogP contribution in [-0.4, -0.2) is 26.5 Å². The molecule has 0 aliphatic carbocycles. The van der Waals surface area contributed by atoms with Crippen molar-refractivity contribution in [2.45, 2.75) is 52.0 Å². The molecule has 0 heterocycles. The molecular formula is C11H26N2O2S. The zero-order valence-corrected chi connectivity index (χ0v) is 11.5. The van der Waals surface area contributed by atoms with Gasteiger partial charge in [-0.15, -0.1) is 0 Å². The summed E-state index contributed by atoms with van der Waals surface area (Å²) in [6, 6.07) is 0.117. The number of nitrogens with two attached hydrogens (primary N) is 1. The van der Waals surface area contributed by atoms with Gasteiger partial charge >= 0.3 is 0 Å². The van der Waals surface area contributed by atoms with Gasteiger partial charge in [0.25, 0.3) is 0 Å². The zero-order valence-electron chi connectivity index (χ0n) is 10.7. The first-order chi connectivity index (χ1) is 7.44. The van der Waals surface area contributed by atoms with Crippen LogP contribution in [0, 0.1) is 5.92 Å². The normalized spacial score (nSPS) is 16.0. The highest BCUT2D eigenvalue weighted by molar-refractivity contribution is 7.90. The molecule has 0 rings (SSSR count). The molecule has 0 amide bonds. The van der Waals surface area contributed by atoms with Crippen molar-refractivity contribution in [3.05, 3.63) is 0 Å². The van der Waals surface area contributed by atoms with E-state index in [4.69, 9.17) is 5.84 Å². The zero-order chi connectivity index (χ0) is 12.6. The summed E-state index contributed by atoms with van der Waals surface area (Å²) in [5, 5.41) is 0. The third kappa shape index (κ3) is 7.19.